The summed E-state index contributed by atoms with van der Waals surface area (Å²) in [4.78, 5) is 16.7. The topological polar surface area (TPSA) is 35.6 Å². The summed E-state index contributed by atoms with van der Waals surface area (Å²) in [5.74, 6) is 0. The lowest BCUT2D eigenvalue weighted by Gasteiger charge is -2.41. The molecule has 1 unspecified atom stereocenters. The van der Waals surface area contributed by atoms with Gasteiger partial charge in [0, 0.05) is 25.2 Å². The number of likely N-dealkylation sites (N-methyl/N-ethyl adjacent to an activating group) is 1. The van der Waals surface area contributed by atoms with Crippen LogP contribution in [0.25, 0.3) is 0 Å². The number of amides is 2. The van der Waals surface area contributed by atoms with Crippen LogP contribution in [0, 0.1) is 0 Å². The summed E-state index contributed by atoms with van der Waals surface area (Å²) in [5, 5.41) is 3.07. The lowest BCUT2D eigenvalue weighted by molar-refractivity contribution is 0.105. The maximum Gasteiger partial charge on any atom is 0.318 e. The van der Waals surface area contributed by atoms with Gasteiger partial charge in [-0.15, -0.1) is 0 Å². The molecule has 1 saturated heterocycles. The second kappa shape index (κ2) is 5.83. The largest absolute Gasteiger partial charge is 0.333 e. The molecule has 1 fully saturated rings. The summed E-state index contributed by atoms with van der Waals surface area (Å²) in [6, 6.07) is 10.4. The Morgan fingerprint density at radius 1 is 1.20 bits per heavy atom. The van der Waals surface area contributed by atoms with Crippen LogP contribution in [0.3, 0.4) is 0 Å². The molecule has 0 saturated carbocycles. The Morgan fingerprint density at radius 3 is 2.45 bits per heavy atom. The summed E-state index contributed by atoms with van der Waals surface area (Å²) < 4.78 is 0. The van der Waals surface area contributed by atoms with Crippen molar-refractivity contribution in [1.82, 2.24) is 15.1 Å². The van der Waals surface area contributed by atoms with Gasteiger partial charge in [-0.25, -0.2) is 4.79 Å². The van der Waals surface area contributed by atoms with Gasteiger partial charge >= 0.3 is 6.03 Å². The third kappa shape index (κ3) is 3.73. The maximum atomic E-state index is 12.5. The number of urea groups is 1. The standard InChI is InChI=1S/C16H25N3O/c1-16(2,3)17-15(20)19-11-10-18(4)12-14(19)13-8-6-5-7-9-13/h5-9,14H,10-12H2,1-4H3,(H,17,20). The molecule has 0 aromatic heterocycles. The number of rotatable bonds is 1. The molecule has 1 aromatic carbocycles. The molecule has 0 aliphatic carbocycles. The Labute approximate surface area is 121 Å². The van der Waals surface area contributed by atoms with Gasteiger partial charge in [0.05, 0.1) is 6.04 Å². The van der Waals surface area contributed by atoms with Gasteiger partial charge in [0.2, 0.25) is 0 Å². The third-order valence-corrected chi connectivity index (χ3v) is 3.51. The van der Waals surface area contributed by atoms with Crippen LogP contribution in [-0.4, -0.2) is 48.1 Å². The second-order valence-electron chi connectivity index (χ2n) is 6.56. The fourth-order valence-electron chi connectivity index (χ4n) is 2.52. The summed E-state index contributed by atoms with van der Waals surface area (Å²) >= 11 is 0. The van der Waals surface area contributed by atoms with E-state index in [1.807, 2.05) is 43.9 Å². The van der Waals surface area contributed by atoms with Gasteiger partial charge in [-0.05, 0) is 33.4 Å². The highest BCUT2D eigenvalue weighted by molar-refractivity contribution is 5.75. The van der Waals surface area contributed by atoms with Crippen molar-refractivity contribution in [3.63, 3.8) is 0 Å². The van der Waals surface area contributed by atoms with Crippen LogP contribution in [0.1, 0.15) is 32.4 Å². The Balaban J connectivity index is 2.19. The van der Waals surface area contributed by atoms with E-state index in [4.69, 9.17) is 0 Å². The van der Waals surface area contributed by atoms with Crippen LogP contribution in [0.15, 0.2) is 30.3 Å². The molecule has 1 aliphatic rings. The van der Waals surface area contributed by atoms with Crippen LogP contribution in [0.4, 0.5) is 4.79 Å². The zero-order chi connectivity index (χ0) is 14.8. The Bertz CT molecular complexity index is 453. The molecule has 1 N–H and O–H groups in total. The highest BCUT2D eigenvalue weighted by Crippen LogP contribution is 2.25. The van der Waals surface area contributed by atoms with Gasteiger partial charge in [0.25, 0.3) is 0 Å². The van der Waals surface area contributed by atoms with E-state index < -0.39 is 0 Å². The van der Waals surface area contributed by atoms with E-state index in [2.05, 4.69) is 29.4 Å². The van der Waals surface area contributed by atoms with Crippen molar-refractivity contribution < 1.29 is 4.79 Å². The molecule has 4 nitrogen and oxygen atoms in total. The van der Waals surface area contributed by atoms with Gasteiger partial charge in [0.15, 0.2) is 0 Å². The number of carbonyl (C=O) groups is 1. The SMILES string of the molecule is CN1CCN(C(=O)NC(C)(C)C)C(c2ccccc2)C1. The first kappa shape index (κ1) is 14.9. The van der Waals surface area contributed by atoms with Crippen LogP contribution in [0.2, 0.25) is 0 Å². The molecule has 0 bridgehead atoms. The van der Waals surface area contributed by atoms with Crippen molar-refractivity contribution in [1.29, 1.82) is 0 Å². The Kier molecular flexibility index (Phi) is 4.33. The molecule has 20 heavy (non-hydrogen) atoms. The predicted molar refractivity (Wildman–Crippen MR) is 81.7 cm³/mol. The summed E-state index contributed by atoms with van der Waals surface area (Å²) in [6.45, 7) is 8.59. The molecule has 1 aromatic rings. The number of benzene rings is 1. The van der Waals surface area contributed by atoms with Crippen molar-refractivity contribution in [2.45, 2.75) is 32.4 Å². The lowest BCUT2D eigenvalue weighted by atomic mass is 10.0. The molecule has 2 rings (SSSR count). The molecule has 110 valence electrons. The fourth-order valence-corrected chi connectivity index (χ4v) is 2.52. The van der Waals surface area contributed by atoms with E-state index in [1.54, 1.807) is 0 Å². The van der Waals surface area contributed by atoms with E-state index in [0.29, 0.717) is 0 Å². The van der Waals surface area contributed by atoms with Gasteiger partial charge in [-0.1, -0.05) is 30.3 Å². The normalized spacial score (nSPS) is 20.8. The predicted octanol–water partition coefficient (Wildman–Crippen LogP) is 2.48. The molecule has 1 atom stereocenters. The first-order chi connectivity index (χ1) is 9.37. The molecule has 1 heterocycles. The summed E-state index contributed by atoms with van der Waals surface area (Å²) in [7, 11) is 2.11. The van der Waals surface area contributed by atoms with E-state index in [-0.39, 0.29) is 17.6 Å². The van der Waals surface area contributed by atoms with Crippen LogP contribution < -0.4 is 5.32 Å². The minimum Gasteiger partial charge on any atom is -0.333 e. The first-order valence-electron chi connectivity index (χ1n) is 7.19. The number of piperazine rings is 1. The first-order valence-corrected chi connectivity index (χ1v) is 7.19. The van der Waals surface area contributed by atoms with Crippen LogP contribution in [0.5, 0.6) is 0 Å². The number of nitrogens with zero attached hydrogens (tertiary/aromatic N) is 2. The average Bonchev–Trinajstić information content (AvgIpc) is 2.37. The minimum absolute atomic E-state index is 0.0273. The minimum atomic E-state index is -0.207. The molecular weight excluding hydrogens is 250 g/mol. The van der Waals surface area contributed by atoms with Crippen molar-refractivity contribution in [2.75, 3.05) is 26.7 Å². The molecule has 1 aliphatic heterocycles. The van der Waals surface area contributed by atoms with Gasteiger partial charge in [-0.2, -0.15) is 0 Å². The molecular formula is C16H25N3O. The number of nitrogens with one attached hydrogen (secondary N) is 1. The fraction of sp³-hybridized carbons (Fsp3) is 0.562. The number of hydrogen-bond acceptors (Lipinski definition) is 2. The maximum absolute atomic E-state index is 12.5. The van der Waals surface area contributed by atoms with Crippen molar-refractivity contribution in [3.8, 4) is 0 Å². The third-order valence-electron chi connectivity index (χ3n) is 3.51. The lowest BCUT2D eigenvalue weighted by Crippen LogP contribution is -2.55. The van der Waals surface area contributed by atoms with Gasteiger partial charge < -0.3 is 15.1 Å². The monoisotopic (exact) mass is 275 g/mol. The van der Waals surface area contributed by atoms with Gasteiger partial charge in [0.1, 0.15) is 0 Å². The molecule has 0 spiro atoms. The van der Waals surface area contributed by atoms with E-state index in [9.17, 15) is 4.79 Å². The van der Waals surface area contributed by atoms with Crippen molar-refractivity contribution >= 4 is 6.03 Å². The van der Waals surface area contributed by atoms with Gasteiger partial charge in [-0.3, -0.25) is 0 Å². The Hall–Kier alpha value is -1.55. The smallest absolute Gasteiger partial charge is 0.318 e. The van der Waals surface area contributed by atoms with Crippen LogP contribution >= 0.6 is 0 Å². The summed E-state index contributed by atoms with van der Waals surface area (Å²) in [5.41, 5.74) is 0.991. The van der Waals surface area contributed by atoms with E-state index in [1.165, 1.54) is 5.56 Å². The van der Waals surface area contributed by atoms with E-state index >= 15 is 0 Å². The molecule has 4 heteroatoms. The van der Waals surface area contributed by atoms with Crippen LogP contribution in [-0.2, 0) is 0 Å². The van der Waals surface area contributed by atoms with E-state index in [0.717, 1.165) is 19.6 Å². The highest BCUT2D eigenvalue weighted by Gasteiger charge is 2.31. The van der Waals surface area contributed by atoms with Crippen molar-refractivity contribution in [2.24, 2.45) is 0 Å². The quantitative estimate of drug-likeness (QED) is 0.854. The average molecular weight is 275 g/mol. The molecule has 2 amide bonds. The molecule has 0 radical (unpaired) electrons. The second-order valence-corrected chi connectivity index (χ2v) is 6.56. The number of hydrogen-bond donors (Lipinski definition) is 1. The number of carbonyl (C=O) groups excluding carboxylic acids is 1. The summed E-state index contributed by atoms with van der Waals surface area (Å²) in [6.07, 6.45) is 0. The zero-order valence-electron chi connectivity index (χ0n) is 12.9. The van der Waals surface area contributed by atoms with Crippen molar-refractivity contribution in [3.05, 3.63) is 35.9 Å². The zero-order valence-corrected chi connectivity index (χ0v) is 12.9. The Morgan fingerprint density at radius 2 is 1.85 bits per heavy atom. The highest BCUT2D eigenvalue weighted by atomic mass is 16.2.